The van der Waals surface area contributed by atoms with Gasteiger partial charge in [0.1, 0.15) is 5.82 Å². The molecule has 18 heavy (non-hydrogen) atoms. The predicted molar refractivity (Wildman–Crippen MR) is 63.9 cm³/mol. The number of hydrogen-bond acceptors (Lipinski definition) is 3. The van der Waals surface area contributed by atoms with Crippen molar-refractivity contribution < 1.29 is 14.3 Å². The van der Waals surface area contributed by atoms with Gasteiger partial charge in [0.05, 0.1) is 17.8 Å². The largest absolute Gasteiger partial charge is 0.478 e. The number of carbonyl (C=O) groups is 1. The van der Waals surface area contributed by atoms with Crippen LogP contribution in [0.4, 0.5) is 10.1 Å². The molecule has 0 aliphatic carbocycles. The number of aromatic carboxylic acids is 1. The lowest BCUT2D eigenvalue weighted by molar-refractivity contribution is 0.0692. The Morgan fingerprint density at radius 2 is 2.28 bits per heavy atom. The summed E-state index contributed by atoms with van der Waals surface area (Å²) in [6, 6.07) is 5.76. The quantitative estimate of drug-likeness (QED) is 0.868. The number of anilines is 1. The van der Waals surface area contributed by atoms with Gasteiger partial charge in [-0.15, -0.1) is 0 Å². The first kappa shape index (κ1) is 12.1. The van der Waals surface area contributed by atoms with E-state index in [2.05, 4.69) is 10.4 Å². The molecule has 1 aromatic carbocycles. The number of carboxylic acids is 1. The molecular weight excluding hydrogens is 237 g/mol. The van der Waals surface area contributed by atoms with Gasteiger partial charge in [0.15, 0.2) is 0 Å². The number of benzene rings is 1. The molecule has 94 valence electrons. The summed E-state index contributed by atoms with van der Waals surface area (Å²) in [4.78, 5) is 10.6. The van der Waals surface area contributed by atoms with E-state index in [0.717, 1.165) is 11.8 Å². The average molecular weight is 249 g/mol. The van der Waals surface area contributed by atoms with Gasteiger partial charge in [-0.1, -0.05) is 0 Å². The molecule has 0 fully saturated rings. The summed E-state index contributed by atoms with van der Waals surface area (Å²) < 4.78 is 15.1. The third kappa shape index (κ3) is 2.65. The zero-order chi connectivity index (χ0) is 13.1. The molecule has 2 rings (SSSR count). The fraction of sp³-hybridized carbons (Fsp3) is 0.167. The third-order valence-corrected chi connectivity index (χ3v) is 2.44. The zero-order valence-electron chi connectivity index (χ0n) is 9.72. The summed E-state index contributed by atoms with van der Waals surface area (Å²) in [5.74, 6) is -2.03. The van der Waals surface area contributed by atoms with Crippen molar-refractivity contribution in [2.24, 2.45) is 7.05 Å². The topological polar surface area (TPSA) is 67.2 Å². The van der Waals surface area contributed by atoms with E-state index in [4.69, 9.17) is 5.11 Å². The second-order valence-corrected chi connectivity index (χ2v) is 3.83. The highest BCUT2D eigenvalue weighted by Crippen LogP contribution is 2.15. The Bertz CT molecular complexity index is 580. The van der Waals surface area contributed by atoms with Crippen LogP contribution in [0, 0.1) is 5.82 Å². The van der Waals surface area contributed by atoms with Crippen LogP contribution in [-0.2, 0) is 13.6 Å². The molecule has 6 heteroatoms. The first-order valence-electron chi connectivity index (χ1n) is 5.31. The molecule has 0 radical (unpaired) electrons. The molecule has 2 aromatic rings. The van der Waals surface area contributed by atoms with Crippen LogP contribution in [-0.4, -0.2) is 20.9 Å². The van der Waals surface area contributed by atoms with Crippen molar-refractivity contribution in [2.45, 2.75) is 6.54 Å². The van der Waals surface area contributed by atoms with Crippen LogP contribution in [0.1, 0.15) is 16.1 Å². The Morgan fingerprint density at radius 1 is 1.50 bits per heavy atom. The van der Waals surface area contributed by atoms with Gasteiger partial charge in [0, 0.05) is 18.9 Å². The van der Waals surface area contributed by atoms with E-state index in [1.54, 1.807) is 4.68 Å². The number of halogens is 1. The van der Waals surface area contributed by atoms with Gasteiger partial charge < -0.3 is 10.4 Å². The van der Waals surface area contributed by atoms with Crippen molar-refractivity contribution >= 4 is 11.7 Å². The Hall–Kier alpha value is -2.37. The van der Waals surface area contributed by atoms with Gasteiger partial charge in [-0.25, -0.2) is 9.18 Å². The Balaban J connectivity index is 2.06. The minimum Gasteiger partial charge on any atom is -0.478 e. The molecule has 0 spiro atoms. The van der Waals surface area contributed by atoms with Crippen LogP contribution in [0.15, 0.2) is 30.5 Å². The van der Waals surface area contributed by atoms with Gasteiger partial charge in [0.25, 0.3) is 0 Å². The minimum atomic E-state index is -1.27. The molecular formula is C12H12FN3O2. The molecule has 0 unspecified atom stereocenters. The first-order chi connectivity index (χ1) is 8.56. The lowest BCUT2D eigenvalue weighted by Gasteiger charge is -2.05. The van der Waals surface area contributed by atoms with E-state index in [1.165, 1.54) is 12.1 Å². The standard InChI is InChI=1S/C12H12FN3O2/c1-16-5-4-9(15-16)7-14-8-2-3-10(12(17)18)11(13)6-8/h2-6,14H,7H2,1H3,(H,17,18). The lowest BCUT2D eigenvalue weighted by atomic mass is 10.2. The Morgan fingerprint density at radius 3 is 2.83 bits per heavy atom. The maximum Gasteiger partial charge on any atom is 0.338 e. The van der Waals surface area contributed by atoms with Gasteiger partial charge in [-0.2, -0.15) is 5.10 Å². The van der Waals surface area contributed by atoms with E-state index < -0.39 is 11.8 Å². The average Bonchev–Trinajstić information content (AvgIpc) is 2.72. The van der Waals surface area contributed by atoms with Crippen LogP contribution in [0.5, 0.6) is 0 Å². The van der Waals surface area contributed by atoms with E-state index >= 15 is 0 Å². The molecule has 1 heterocycles. The molecule has 0 amide bonds. The van der Waals surface area contributed by atoms with Crippen molar-refractivity contribution in [1.82, 2.24) is 9.78 Å². The van der Waals surface area contributed by atoms with Crippen molar-refractivity contribution in [2.75, 3.05) is 5.32 Å². The van der Waals surface area contributed by atoms with Gasteiger partial charge in [0.2, 0.25) is 0 Å². The monoisotopic (exact) mass is 249 g/mol. The van der Waals surface area contributed by atoms with Gasteiger partial charge in [-0.05, 0) is 24.3 Å². The highest BCUT2D eigenvalue weighted by molar-refractivity contribution is 5.88. The highest BCUT2D eigenvalue weighted by atomic mass is 19.1. The van der Waals surface area contributed by atoms with Crippen LogP contribution in [0.3, 0.4) is 0 Å². The summed E-state index contributed by atoms with van der Waals surface area (Å²) in [6.45, 7) is 0.451. The number of nitrogens with one attached hydrogen (secondary N) is 1. The number of aromatic nitrogens is 2. The first-order valence-corrected chi connectivity index (χ1v) is 5.31. The molecule has 0 aliphatic heterocycles. The maximum absolute atomic E-state index is 13.4. The number of carboxylic acid groups (broad SMARTS) is 1. The molecule has 1 aromatic heterocycles. The fourth-order valence-electron chi connectivity index (χ4n) is 1.55. The number of hydrogen-bond donors (Lipinski definition) is 2. The lowest BCUT2D eigenvalue weighted by Crippen LogP contribution is -2.04. The van der Waals surface area contributed by atoms with Crippen LogP contribution in [0.25, 0.3) is 0 Å². The van der Waals surface area contributed by atoms with E-state index in [0.29, 0.717) is 12.2 Å². The van der Waals surface area contributed by atoms with Crippen molar-refractivity contribution in [1.29, 1.82) is 0 Å². The number of rotatable bonds is 4. The summed E-state index contributed by atoms with van der Waals surface area (Å²) in [6.07, 6.45) is 1.81. The van der Waals surface area contributed by atoms with Gasteiger partial charge in [-0.3, -0.25) is 4.68 Å². The van der Waals surface area contributed by atoms with E-state index in [-0.39, 0.29) is 5.56 Å². The van der Waals surface area contributed by atoms with Crippen molar-refractivity contribution in [3.8, 4) is 0 Å². The second-order valence-electron chi connectivity index (χ2n) is 3.83. The summed E-state index contributed by atoms with van der Waals surface area (Å²) in [5.41, 5.74) is 1.00. The fourth-order valence-corrected chi connectivity index (χ4v) is 1.55. The van der Waals surface area contributed by atoms with Crippen LogP contribution < -0.4 is 5.32 Å². The summed E-state index contributed by atoms with van der Waals surface area (Å²) in [5, 5.41) is 15.8. The summed E-state index contributed by atoms with van der Waals surface area (Å²) >= 11 is 0. The number of aryl methyl sites for hydroxylation is 1. The number of nitrogens with zero attached hydrogens (tertiary/aromatic N) is 2. The molecule has 5 nitrogen and oxygen atoms in total. The molecule has 0 atom stereocenters. The van der Waals surface area contributed by atoms with Crippen LogP contribution >= 0.6 is 0 Å². The molecule has 2 N–H and O–H groups in total. The molecule has 0 saturated heterocycles. The third-order valence-electron chi connectivity index (χ3n) is 2.44. The Labute approximate surface area is 103 Å². The van der Waals surface area contributed by atoms with E-state index in [1.807, 2.05) is 19.3 Å². The maximum atomic E-state index is 13.4. The van der Waals surface area contributed by atoms with Crippen molar-refractivity contribution in [3.05, 3.63) is 47.5 Å². The predicted octanol–water partition coefficient (Wildman–Crippen LogP) is 1.87. The molecule has 0 aliphatic rings. The molecule has 0 bridgehead atoms. The Kier molecular flexibility index (Phi) is 3.27. The summed E-state index contributed by atoms with van der Waals surface area (Å²) in [7, 11) is 1.81. The highest BCUT2D eigenvalue weighted by Gasteiger charge is 2.10. The van der Waals surface area contributed by atoms with E-state index in [9.17, 15) is 9.18 Å². The van der Waals surface area contributed by atoms with Crippen molar-refractivity contribution in [3.63, 3.8) is 0 Å². The SMILES string of the molecule is Cn1ccc(CNc2ccc(C(=O)O)c(F)c2)n1. The zero-order valence-corrected chi connectivity index (χ0v) is 9.72. The van der Waals surface area contributed by atoms with Crippen LogP contribution in [0.2, 0.25) is 0 Å². The second kappa shape index (κ2) is 4.87. The molecule has 0 saturated carbocycles. The van der Waals surface area contributed by atoms with Gasteiger partial charge >= 0.3 is 5.97 Å². The smallest absolute Gasteiger partial charge is 0.338 e. The minimum absolute atomic E-state index is 0.335. The normalized spacial score (nSPS) is 10.3.